The van der Waals surface area contributed by atoms with Crippen molar-refractivity contribution in [3.8, 4) is 6.07 Å². The van der Waals surface area contributed by atoms with Crippen LogP contribution < -0.4 is 5.73 Å². The van der Waals surface area contributed by atoms with Gasteiger partial charge in [-0.25, -0.2) is 8.42 Å². The molecule has 108 valence electrons. The van der Waals surface area contributed by atoms with Gasteiger partial charge in [-0.15, -0.1) is 0 Å². The largest absolute Gasteiger partial charge is 0.328 e. The Balaban J connectivity index is 1.95. The molecule has 0 spiro atoms. The zero-order valence-electron chi connectivity index (χ0n) is 11.3. The van der Waals surface area contributed by atoms with Gasteiger partial charge in [0.25, 0.3) is 0 Å². The van der Waals surface area contributed by atoms with Crippen LogP contribution in [0.15, 0.2) is 29.2 Å². The fraction of sp³-hybridized carbons (Fsp3) is 0.500. The van der Waals surface area contributed by atoms with Crippen LogP contribution in [0, 0.1) is 11.3 Å². The Morgan fingerprint density at radius 2 is 1.85 bits per heavy atom. The van der Waals surface area contributed by atoms with Crippen LogP contribution in [0.2, 0.25) is 0 Å². The third kappa shape index (κ3) is 3.79. The zero-order chi connectivity index (χ0) is 14.6. The Kier molecular flexibility index (Phi) is 4.76. The Bertz CT molecular complexity index is 582. The first kappa shape index (κ1) is 15.0. The van der Waals surface area contributed by atoms with Gasteiger partial charge in [-0.1, -0.05) is 0 Å². The number of likely N-dealkylation sites (tertiary alicyclic amines) is 1. The molecule has 0 aliphatic carbocycles. The third-order valence-electron chi connectivity index (χ3n) is 3.65. The highest BCUT2D eigenvalue weighted by Crippen LogP contribution is 2.14. The third-order valence-corrected chi connectivity index (χ3v) is 5.36. The predicted molar refractivity (Wildman–Crippen MR) is 76.9 cm³/mol. The summed E-state index contributed by atoms with van der Waals surface area (Å²) in [6, 6.07) is 8.30. The molecule has 5 nitrogen and oxygen atoms in total. The van der Waals surface area contributed by atoms with Crippen molar-refractivity contribution in [2.24, 2.45) is 5.73 Å². The Morgan fingerprint density at radius 1 is 1.25 bits per heavy atom. The lowest BCUT2D eigenvalue weighted by atomic mass is 10.1. The fourth-order valence-corrected chi connectivity index (χ4v) is 3.57. The number of hydrogen-bond donors (Lipinski definition) is 1. The minimum atomic E-state index is -3.28. The maximum absolute atomic E-state index is 12.2. The van der Waals surface area contributed by atoms with Gasteiger partial charge in [0.05, 0.1) is 22.3 Å². The summed E-state index contributed by atoms with van der Waals surface area (Å²) in [5.41, 5.74) is 6.29. The van der Waals surface area contributed by atoms with Gasteiger partial charge in [-0.3, -0.25) is 0 Å². The lowest BCUT2D eigenvalue weighted by Gasteiger charge is -2.29. The van der Waals surface area contributed by atoms with E-state index in [1.807, 2.05) is 6.07 Å². The van der Waals surface area contributed by atoms with E-state index in [0.717, 1.165) is 25.9 Å². The second-order valence-corrected chi connectivity index (χ2v) is 7.24. The quantitative estimate of drug-likeness (QED) is 0.885. The van der Waals surface area contributed by atoms with Gasteiger partial charge in [0.1, 0.15) is 0 Å². The molecule has 1 aromatic rings. The van der Waals surface area contributed by atoms with Gasteiger partial charge in [0.15, 0.2) is 9.84 Å². The Labute approximate surface area is 119 Å². The van der Waals surface area contributed by atoms with Gasteiger partial charge in [-0.05, 0) is 50.2 Å². The smallest absolute Gasteiger partial charge is 0.179 e. The van der Waals surface area contributed by atoms with Crippen LogP contribution in [-0.4, -0.2) is 44.7 Å². The number of rotatable bonds is 4. The number of sulfone groups is 1. The Morgan fingerprint density at radius 3 is 2.40 bits per heavy atom. The summed E-state index contributed by atoms with van der Waals surface area (Å²) < 4.78 is 24.4. The van der Waals surface area contributed by atoms with Crippen molar-refractivity contribution in [1.29, 1.82) is 5.26 Å². The van der Waals surface area contributed by atoms with Crippen molar-refractivity contribution in [2.75, 3.05) is 25.4 Å². The van der Waals surface area contributed by atoms with Crippen LogP contribution in [0.3, 0.4) is 0 Å². The molecule has 1 aromatic carbocycles. The van der Waals surface area contributed by atoms with E-state index in [0.29, 0.717) is 12.1 Å². The summed E-state index contributed by atoms with van der Waals surface area (Å²) in [4.78, 5) is 2.43. The lowest BCUT2D eigenvalue weighted by Crippen LogP contribution is -2.41. The van der Waals surface area contributed by atoms with Gasteiger partial charge in [-0.2, -0.15) is 5.26 Å². The maximum Gasteiger partial charge on any atom is 0.179 e. The standard InChI is InChI=1S/C14H19N3O2S/c15-11-12-1-3-14(4-2-12)20(18,19)10-9-17-7-5-13(16)6-8-17/h1-4,13H,5-10,16H2. The van der Waals surface area contributed by atoms with Gasteiger partial charge in [0, 0.05) is 12.6 Å². The minimum Gasteiger partial charge on any atom is -0.328 e. The molecular weight excluding hydrogens is 274 g/mol. The van der Waals surface area contributed by atoms with Gasteiger partial charge in [0.2, 0.25) is 0 Å². The minimum absolute atomic E-state index is 0.105. The van der Waals surface area contributed by atoms with Crippen LogP contribution >= 0.6 is 0 Å². The molecule has 1 saturated heterocycles. The first-order valence-corrected chi connectivity index (χ1v) is 8.37. The van der Waals surface area contributed by atoms with Crippen molar-refractivity contribution < 1.29 is 8.42 Å². The molecule has 0 aromatic heterocycles. The lowest BCUT2D eigenvalue weighted by molar-refractivity contribution is 0.224. The van der Waals surface area contributed by atoms with E-state index < -0.39 is 9.84 Å². The SMILES string of the molecule is N#Cc1ccc(S(=O)(=O)CCN2CCC(N)CC2)cc1. The number of piperidine rings is 1. The van der Waals surface area contributed by atoms with Crippen molar-refractivity contribution in [3.05, 3.63) is 29.8 Å². The van der Waals surface area contributed by atoms with Gasteiger partial charge >= 0.3 is 0 Å². The highest BCUT2D eigenvalue weighted by molar-refractivity contribution is 7.91. The first-order chi connectivity index (χ1) is 9.51. The molecule has 0 bridgehead atoms. The normalized spacial score (nSPS) is 17.8. The highest BCUT2D eigenvalue weighted by atomic mass is 32.2. The zero-order valence-corrected chi connectivity index (χ0v) is 12.1. The maximum atomic E-state index is 12.2. The average molecular weight is 293 g/mol. The summed E-state index contributed by atoms with van der Waals surface area (Å²) >= 11 is 0. The molecule has 1 aliphatic heterocycles. The van der Waals surface area contributed by atoms with E-state index in [1.54, 1.807) is 0 Å². The highest BCUT2D eigenvalue weighted by Gasteiger charge is 2.20. The van der Waals surface area contributed by atoms with E-state index in [9.17, 15) is 8.42 Å². The van der Waals surface area contributed by atoms with Crippen molar-refractivity contribution in [1.82, 2.24) is 4.90 Å². The molecule has 0 saturated carbocycles. The topological polar surface area (TPSA) is 87.2 Å². The number of hydrogen-bond acceptors (Lipinski definition) is 5. The molecule has 1 fully saturated rings. The molecular formula is C14H19N3O2S. The van der Waals surface area contributed by atoms with E-state index in [-0.39, 0.29) is 16.7 Å². The van der Waals surface area contributed by atoms with Crippen LogP contribution in [0.25, 0.3) is 0 Å². The fourth-order valence-electron chi connectivity index (χ4n) is 2.28. The van der Waals surface area contributed by atoms with E-state index >= 15 is 0 Å². The number of nitriles is 1. The second kappa shape index (κ2) is 6.35. The molecule has 0 radical (unpaired) electrons. The van der Waals surface area contributed by atoms with E-state index in [4.69, 9.17) is 11.0 Å². The molecule has 2 N–H and O–H groups in total. The molecule has 6 heteroatoms. The summed E-state index contributed by atoms with van der Waals surface area (Å²) in [6.45, 7) is 2.27. The first-order valence-electron chi connectivity index (χ1n) is 6.72. The van der Waals surface area contributed by atoms with E-state index in [1.165, 1.54) is 24.3 Å². The summed E-state index contributed by atoms with van der Waals surface area (Å²) in [5.74, 6) is 0.105. The van der Waals surface area contributed by atoms with Gasteiger partial charge < -0.3 is 10.6 Å². The molecule has 2 rings (SSSR count). The molecule has 0 atom stereocenters. The van der Waals surface area contributed by atoms with Crippen molar-refractivity contribution in [3.63, 3.8) is 0 Å². The second-order valence-electron chi connectivity index (χ2n) is 5.13. The van der Waals surface area contributed by atoms with Crippen LogP contribution in [0.5, 0.6) is 0 Å². The average Bonchev–Trinajstić information content (AvgIpc) is 2.47. The monoisotopic (exact) mass is 293 g/mol. The number of nitrogens with zero attached hydrogens (tertiary/aromatic N) is 2. The predicted octanol–water partition coefficient (Wildman–Crippen LogP) is 0.755. The van der Waals surface area contributed by atoms with Crippen LogP contribution in [0.4, 0.5) is 0 Å². The van der Waals surface area contributed by atoms with Crippen molar-refractivity contribution >= 4 is 9.84 Å². The number of benzene rings is 1. The van der Waals surface area contributed by atoms with E-state index in [2.05, 4.69) is 4.90 Å². The summed E-state index contributed by atoms with van der Waals surface area (Å²) in [5, 5.41) is 8.71. The molecule has 1 aliphatic rings. The summed E-state index contributed by atoms with van der Waals surface area (Å²) in [7, 11) is -3.28. The Hall–Kier alpha value is -1.42. The molecule has 0 amide bonds. The van der Waals surface area contributed by atoms with Crippen LogP contribution in [0.1, 0.15) is 18.4 Å². The molecule has 1 heterocycles. The van der Waals surface area contributed by atoms with Crippen molar-refractivity contribution in [2.45, 2.75) is 23.8 Å². The molecule has 0 unspecified atom stereocenters. The molecule has 20 heavy (non-hydrogen) atoms. The summed E-state index contributed by atoms with van der Waals surface area (Å²) in [6.07, 6.45) is 1.85. The van der Waals surface area contributed by atoms with Crippen LogP contribution in [-0.2, 0) is 9.84 Å². The number of nitrogens with two attached hydrogens (primary N) is 1.